The summed E-state index contributed by atoms with van der Waals surface area (Å²) in [6.45, 7) is 9.03. The quantitative estimate of drug-likeness (QED) is 0.237. The molecular weight excluding hydrogens is 512 g/mol. The third kappa shape index (κ3) is 6.77. The van der Waals surface area contributed by atoms with Gasteiger partial charge < -0.3 is 29.0 Å². The minimum absolute atomic E-state index is 0.0528. The summed E-state index contributed by atoms with van der Waals surface area (Å²) in [5.41, 5.74) is 1.14. The minimum atomic E-state index is -0.773. The minimum Gasteiger partial charge on any atom is -0.507 e. The Morgan fingerprint density at radius 3 is 2.38 bits per heavy atom. The van der Waals surface area contributed by atoms with Crippen molar-refractivity contribution in [1.29, 1.82) is 0 Å². The molecule has 216 valence electrons. The van der Waals surface area contributed by atoms with E-state index in [9.17, 15) is 14.7 Å². The maximum Gasteiger partial charge on any atom is 0.295 e. The van der Waals surface area contributed by atoms with Crippen LogP contribution in [0.1, 0.15) is 43.9 Å². The van der Waals surface area contributed by atoms with Crippen molar-refractivity contribution in [2.24, 2.45) is 5.92 Å². The molecule has 9 heteroatoms. The second-order valence-electron chi connectivity index (χ2n) is 10.5. The van der Waals surface area contributed by atoms with Gasteiger partial charge in [0.1, 0.15) is 11.5 Å². The van der Waals surface area contributed by atoms with E-state index < -0.39 is 17.7 Å². The Morgan fingerprint density at radius 1 is 1.00 bits per heavy atom. The van der Waals surface area contributed by atoms with Gasteiger partial charge in [0, 0.05) is 31.7 Å². The first-order valence-electron chi connectivity index (χ1n) is 13.9. The fourth-order valence-electron chi connectivity index (χ4n) is 5.03. The van der Waals surface area contributed by atoms with E-state index >= 15 is 0 Å². The zero-order valence-corrected chi connectivity index (χ0v) is 23.9. The van der Waals surface area contributed by atoms with Crippen LogP contribution in [0.5, 0.6) is 17.2 Å². The van der Waals surface area contributed by atoms with Crippen molar-refractivity contribution >= 4 is 17.4 Å². The molecule has 2 saturated heterocycles. The Bertz CT molecular complexity index is 1200. The van der Waals surface area contributed by atoms with Crippen LogP contribution < -0.4 is 14.2 Å². The van der Waals surface area contributed by atoms with E-state index in [2.05, 4.69) is 18.7 Å². The summed E-state index contributed by atoms with van der Waals surface area (Å²) < 4.78 is 22.3. The third-order valence-corrected chi connectivity index (χ3v) is 7.34. The monoisotopic (exact) mass is 552 g/mol. The maximum atomic E-state index is 13.4. The highest BCUT2D eigenvalue weighted by molar-refractivity contribution is 6.46. The highest BCUT2D eigenvalue weighted by Gasteiger charge is 2.46. The molecule has 2 fully saturated rings. The number of hydrogen-bond donors (Lipinski definition) is 1. The predicted molar refractivity (Wildman–Crippen MR) is 152 cm³/mol. The van der Waals surface area contributed by atoms with Gasteiger partial charge in [0.25, 0.3) is 11.7 Å². The van der Waals surface area contributed by atoms with Crippen LogP contribution in [0.15, 0.2) is 48.0 Å². The standard InChI is InChI=1S/C31H40N2O7/c1-21(2)12-17-40-25-11-8-23(20-26(25)38-4)28-27(29(34)22-6-9-24(37-3)10-7-22)30(35)31(36)33(28)14-5-13-32-15-18-39-19-16-32/h6-11,20-21,28,34H,5,12-19H2,1-4H3. The Kier molecular flexibility index (Phi) is 10.1. The molecular formula is C31H40N2O7. The number of carbonyl (C=O) groups is 2. The van der Waals surface area contributed by atoms with Crippen molar-refractivity contribution in [3.63, 3.8) is 0 Å². The molecule has 1 amide bonds. The molecule has 2 heterocycles. The number of benzene rings is 2. The fraction of sp³-hybridized carbons (Fsp3) is 0.484. The number of Topliss-reactive ketones (excluding diaryl/α,β-unsaturated/α-hetero) is 1. The Balaban J connectivity index is 1.68. The molecule has 2 aromatic carbocycles. The number of amides is 1. The topological polar surface area (TPSA) is 97.8 Å². The smallest absolute Gasteiger partial charge is 0.295 e. The van der Waals surface area contributed by atoms with Crippen LogP contribution in [0.4, 0.5) is 0 Å². The molecule has 9 nitrogen and oxygen atoms in total. The van der Waals surface area contributed by atoms with Gasteiger partial charge in [-0.2, -0.15) is 0 Å². The number of ether oxygens (including phenoxy) is 4. The summed E-state index contributed by atoms with van der Waals surface area (Å²) in [7, 11) is 3.12. The van der Waals surface area contributed by atoms with E-state index in [-0.39, 0.29) is 11.3 Å². The van der Waals surface area contributed by atoms with Gasteiger partial charge in [-0.05, 0) is 60.7 Å². The van der Waals surface area contributed by atoms with Crippen LogP contribution in [-0.2, 0) is 14.3 Å². The average Bonchev–Trinajstić information content (AvgIpc) is 3.22. The number of ketones is 1. The molecule has 0 spiro atoms. The van der Waals surface area contributed by atoms with Gasteiger partial charge in [-0.3, -0.25) is 14.5 Å². The van der Waals surface area contributed by atoms with Gasteiger partial charge >= 0.3 is 0 Å². The van der Waals surface area contributed by atoms with Crippen molar-refractivity contribution in [1.82, 2.24) is 9.80 Å². The first-order valence-corrected chi connectivity index (χ1v) is 13.9. The summed E-state index contributed by atoms with van der Waals surface area (Å²) in [6, 6.07) is 11.4. The van der Waals surface area contributed by atoms with Crippen molar-refractivity contribution in [2.45, 2.75) is 32.7 Å². The van der Waals surface area contributed by atoms with Crippen molar-refractivity contribution in [3.8, 4) is 17.2 Å². The Hall–Kier alpha value is -3.56. The van der Waals surface area contributed by atoms with E-state index in [1.807, 2.05) is 6.07 Å². The zero-order valence-electron chi connectivity index (χ0n) is 23.9. The molecule has 4 rings (SSSR count). The van der Waals surface area contributed by atoms with Gasteiger partial charge in [0.15, 0.2) is 11.5 Å². The first-order chi connectivity index (χ1) is 19.3. The van der Waals surface area contributed by atoms with Gasteiger partial charge in [-0.1, -0.05) is 19.9 Å². The van der Waals surface area contributed by atoms with E-state index in [4.69, 9.17) is 18.9 Å². The lowest BCUT2D eigenvalue weighted by Gasteiger charge is -2.29. The third-order valence-electron chi connectivity index (χ3n) is 7.34. The highest BCUT2D eigenvalue weighted by atomic mass is 16.5. The molecule has 2 aromatic rings. The lowest BCUT2D eigenvalue weighted by molar-refractivity contribution is -0.140. The van der Waals surface area contributed by atoms with Gasteiger partial charge in [0.05, 0.1) is 45.7 Å². The number of aliphatic hydroxyl groups excluding tert-OH is 1. The molecule has 1 unspecified atom stereocenters. The number of rotatable bonds is 12. The summed E-state index contributed by atoms with van der Waals surface area (Å²) in [6.07, 6.45) is 1.58. The molecule has 2 aliphatic heterocycles. The molecule has 0 bridgehead atoms. The number of nitrogens with zero attached hydrogens (tertiary/aromatic N) is 2. The Labute approximate surface area is 236 Å². The van der Waals surface area contributed by atoms with Crippen molar-refractivity contribution in [3.05, 3.63) is 59.2 Å². The van der Waals surface area contributed by atoms with E-state index in [1.54, 1.807) is 55.5 Å². The van der Waals surface area contributed by atoms with Crippen molar-refractivity contribution < 1.29 is 33.6 Å². The second-order valence-corrected chi connectivity index (χ2v) is 10.5. The van der Waals surface area contributed by atoms with Crippen LogP contribution in [0.3, 0.4) is 0 Å². The summed E-state index contributed by atoms with van der Waals surface area (Å²) in [4.78, 5) is 30.6. The number of aliphatic hydroxyl groups is 1. The number of likely N-dealkylation sites (tertiary alicyclic amines) is 1. The fourth-order valence-corrected chi connectivity index (χ4v) is 5.03. The van der Waals surface area contributed by atoms with Crippen molar-refractivity contribution in [2.75, 3.05) is 60.2 Å². The largest absolute Gasteiger partial charge is 0.507 e. The number of carbonyl (C=O) groups excluding carboxylic acids is 2. The second kappa shape index (κ2) is 13.7. The normalized spacial score (nSPS) is 19.3. The van der Waals surface area contributed by atoms with Crippen LogP contribution in [0.2, 0.25) is 0 Å². The molecule has 0 saturated carbocycles. The molecule has 0 radical (unpaired) electrons. The first kappa shape index (κ1) is 29.4. The van der Waals surface area contributed by atoms with Crippen LogP contribution in [0.25, 0.3) is 5.76 Å². The number of morpholine rings is 1. The van der Waals surface area contributed by atoms with Crippen LogP contribution in [-0.4, -0.2) is 86.8 Å². The molecule has 40 heavy (non-hydrogen) atoms. The van der Waals surface area contributed by atoms with Crippen LogP contribution >= 0.6 is 0 Å². The zero-order chi connectivity index (χ0) is 28.6. The molecule has 1 atom stereocenters. The highest BCUT2D eigenvalue weighted by Crippen LogP contribution is 2.42. The van der Waals surface area contributed by atoms with E-state index in [1.165, 1.54) is 0 Å². The summed E-state index contributed by atoms with van der Waals surface area (Å²) in [5, 5.41) is 11.4. The van der Waals surface area contributed by atoms with E-state index in [0.29, 0.717) is 67.1 Å². The molecule has 0 aromatic heterocycles. The number of hydrogen-bond acceptors (Lipinski definition) is 8. The molecule has 0 aliphatic carbocycles. The van der Waals surface area contributed by atoms with Crippen LogP contribution in [0, 0.1) is 5.92 Å². The summed E-state index contributed by atoms with van der Waals surface area (Å²) >= 11 is 0. The lowest BCUT2D eigenvalue weighted by atomic mass is 9.95. The number of methoxy groups -OCH3 is 2. The summed E-state index contributed by atoms with van der Waals surface area (Å²) in [5.74, 6) is 0.655. The molecule has 2 aliphatic rings. The van der Waals surface area contributed by atoms with Gasteiger partial charge in [-0.15, -0.1) is 0 Å². The SMILES string of the molecule is COc1ccc(C(O)=C2C(=O)C(=O)N(CCCN3CCOCC3)C2c2ccc(OCCC(C)C)c(OC)c2)cc1. The van der Waals surface area contributed by atoms with E-state index in [0.717, 1.165) is 26.1 Å². The van der Waals surface area contributed by atoms with Gasteiger partial charge in [-0.25, -0.2) is 0 Å². The lowest BCUT2D eigenvalue weighted by Crippen LogP contribution is -2.39. The predicted octanol–water partition coefficient (Wildman–Crippen LogP) is 4.27. The van der Waals surface area contributed by atoms with Gasteiger partial charge in [0.2, 0.25) is 0 Å². The average molecular weight is 553 g/mol. The molecule has 1 N–H and O–H groups in total. The Morgan fingerprint density at radius 2 is 1.73 bits per heavy atom. The maximum absolute atomic E-state index is 13.4.